The number of fused-ring (bicyclic) bond motifs is 1. The van der Waals surface area contributed by atoms with E-state index >= 15 is 0 Å². The van der Waals surface area contributed by atoms with Crippen molar-refractivity contribution in [3.8, 4) is 0 Å². The minimum Gasteiger partial charge on any atom is -0.398 e. The molecule has 1 aromatic heterocycles. The molecule has 0 aliphatic carbocycles. The molecule has 3 rings (SSSR count). The van der Waals surface area contributed by atoms with E-state index in [0.717, 1.165) is 20.9 Å². The summed E-state index contributed by atoms with van der Waals surface area (Å²) in [6, 6.07) is 15.2. The highest BCUT2D eigenvalue weighted by molar-refractivity contribution is 9.10. The second kappa shape index (κ2) is 5.23. The average Bonchev–Trinajstić information content (AvgIpc) is 2.48. The maximum atomic E-state index is 10.5. The molecule has 0 amide bonds. The molecule has 0 fully saturated rings. The van der Waals surface area contributed by atoms with Gasteiger partial charge in [0.25, 0.3) is 0 Å². The number of benzene rings is 2. The fourth-order valence-corrected chi connectivity index (χ4v) is 2.58. The monoisotopic (exact) mass is 328 g/mol. The van der Waals surface area contributed by atoms with E-state index in [-0.39, 0.29) is 0 Å². The standard InChI is InChI=1S/C16H13BrN2O/c17-12-5-6-14(18)13(8-12)16(20)11-7-10-3-1-2-4-15(10)19-9-11/h1-9,16,20H,18H2. The number of hydrogen-bond donors (Lipinski definition) is 2. The molecule has 1 atom stereocenters. The van der Waals surface area contributed by atoms with Gasteiger partial charge in [0.15, 0.2) is 0 Å². The minimum absolute atomic E-state index is 0.564. The van der Waals surface area contributed by atoms with Crippen LogP contribution in [-0.2, 0) is 0 Å². The van der Waals surface area contributed by atoms with Crippen LogP contribution in [0.1, 0.15) is 17.2 Å². The summed E-state index contributed by atoms with van der Waals surface area (Å²) in [6.07, 6.45) is 0.900. The molecule has 0 aliphatic heterocycles. The third-order valence-corrected chi connectivity index (χ3v) is 3.76. The molecule has 0 spiro atoms. The average molecular weight is 329 g/mol. The Hall–Kier alpha value is -1.91. The molecule has 0 aliphatic rings. The Balaban J connectivity index is 2.07. The highest BCUT2D eigenvalue weighted by Crippen LogP contribution is 2.30. The Morgan fingerprint density at radius 1 is 1.10 bits per heavy atom. The first-order valence-corrected chi connectivity index (χ1v) is 7.02. The van der Waals surface area contributed by atoms with Crippen molar-refractivity contribution in [2.75, 3.05) is 5.73 Å². The lowest BCUT2D eigenvalue weighted by Gasteiger charge is -2.14. The van der Waals surface area contributed by atoms with E-state index in [9.17, 15) is 5.11 Å². The first kappa shape index (κ1) is 13.1. The number of para-hydroxylation sites is 1. The second-order valence-corrected chi connectivity index (χ2v) is 5.55. The number of halogens is 1. The third-order valence-electron chi connectivity index (χ3n) is 3.27. The van der Waals surface area contributed by atoms with Gasteiger partial charge in [0.2, 0.25) is 0 Å². The van der Waals surface area contributed by atoms with Crippen molar-refractivity contribution >= 4 is 32.5 Å². The first-order valence-electron chi connectivity index (χ1n) is 6.23. The van der Waals surface area contributed by atoms with Crippen molar-refractivity contribution < 1.29 is 5.11 Å². The van der Waals surface area contributed by atoms with E-state index in [4.69, 9.17) is 5.73 Å². The maximum Gasteiger partial charge on any atom is 0.108 e. The van der Waals surface area contributed by atoms with Crippen LogP contribution in [0.3, 0.4) is 0 Å². The Morgan fingerprint density at radius 2 is 1.90 bits per heavy atom. The number of aliphatic hydroxyl groups is 1. The van der Waals surface area contributed by atoms with Crippen molar-refractivity contribution in [3.63, 3.8) is 0 Å². The van der Waals surface area contributed by atoms with Gasteiger partial charge < -0.3 is 10.8 Å². The second-order valence-electron chi connectivity index (χ2n) is 4.64. The van der Waals surface area contributed by atoms with Crippen molar-refractivity contribution in [2.24, 2.45) is 0 Å². The first-order chi connectivity index (χ1) is 9.65. The van der Waals surface area contributed by atoms with Gasteiger partial charge in [-0.15, -0.1) is 0 Å². The number of aromatic nitrogens is 1. The van der Waals surface area contributed by atoms with Gasteiger partial charge in [-0.05, 0) is 30.3 Å². The highest BCUT2D eigenvalue weighted by atomic mass is 79.9. The SMILES string of the molecule is Nc1ccc(Br)cc1C(O)c1cnc2ccccc2c1. The largest absolute Gasteiger partial charge is 0.398 e. The number of nitrogen functional groups attached to an aromatic ring is 1. The Kier molecular flexibility index (Phi) is 3.42. The number of hydrogen-bond acceptors (Lipinski definition) is 3. The van der Waals surface area contributed by atoms with Crippen LogP contribution in [-0.4, -0.2) is 10.1 Å². The fraction of sp³-hybridized carbons (Fsp3) is 0.0625. The summed E-state index contributed by atoms with van der Waals surface area (Å²) in [6.45, 7) is 0. The van der Waals surface area contributed by atoms with Gasteiger partial charge in [-0.1, -0.05) is 34.1 Å². The highest BCUT2D eigenvalue weighted by Gasteiger charge is 2.14. The molecule has 0 bridgehead atoms. The van der Waals surface area contributed by atoms with Crippen LogP contribution in [0.15, 0.2) is 59.2 Å². The van der Waals surface area contributed by atoms with Crippen molar-refractivity contribution in [2.45, 2.75) is 6.10 Å². The van der Waals surface area contributed by atoms with E-state index in [1.165, 1.54) is 0 Å². The van der Waals surface area contributed by atoms with Gasteiger partial charge in [0.05, 0.1) is 5.52 Å². The lowest BCUT2D eigenvalue weighted by molar-refractivity contribution is 0.221. The number of pyridine rings is 1. The molecular weight excluding hydrogens is 316 g/mol. The zero-order valence-corrected chi connectivity index (χ0v) is 12.2. The third kappa shape index (κ3) is 2.40. The van der Waals surface area contributed by atoms with Gasteiger partial charge in [-0.25, -0.2) is 0 Å². The number of nitrogens with zero attached hydrogens (tertiary/aromatic N) is 1. The van der Waals surface area contributed by atoms with Crippen molar-refractivity contribution in [1.82, 2.24) is 4.98 Å². The van der Waals surface area contributed by atoms with Crippen LogP contribution in [0.25, 0.3) is 10.9 Å². The summed E-state index contributed by atoms with van der Waals surface area (Å²) in [5.41, 5.74) is 8.82. The van der Waals surface area contributed by atoms with Gasteiger partial charge >= 0.3 is 0 Å². The summed E-state index contributed by atoms with van der Waals surface area (Å²) in [5, 5.41) is 11.5. The van der Waals surface area contributed by atoms with Crippen LogP contribution >= 0.6 is 15.9 Å². The summed E-state index contributed by atoms with van der Waals surface area (Å²) in [7, 11) is 0. The summed E-state index contributed by atoms with van der Waals surface area (Å²) in [4.78, 5) is 4.37. The number of aliphatic hydroxyl groups excluding tert-OH is 1. The quantitative estimate of drug-likeness (QED) is 0.706. The van der Waals surface area contributed by atoms with E-state index in [2.05, 4.69) is 20.9 Å². The molecule has 1 unspecified atom stereocenters. The Labute approximate surface area is 125 Å². The molecule has 3 nitrogen and oxygen atoms in total. The fourth-order valence-electron chi connectivity index (χ4n) is 2.20. The molecule has 100 valence electrons. The maximum absolute atomic E-state index is 10.5. The summed E-state index contributed by atoms with van der Waals surface area (Å²) >= 11 is 3.39. The van der Waals surface area contributed by atoms with Gasteiger partial charge in [0, 0.05) is 32.9 Å². The Morgan fingerprint density at radius 3 is 2.75 bits per heavy atom. The molecular formula is C16H13BrN2O. The predicted molar refractivity (Wildman–Crippen MR) is 84.4 cm³/mol. The zero-order chi connectivity index (χ0) is 14.1. The van der Waals surface area contributed by atoms with E-state index in [1.54, 1.807) is 12.3 Å². The van der Waals surface area contributed by atoms with Crippen LogP contribution < -0.4 is 5.73 Å². The van der Waals surface area contributed by atoms with Gasteiger partial charge in [0.1, 0.15) is 6.10 Å². The van der Waals surface area contributed by atoms with E-state index in [0.29, 0.717) is 11.3 Å². The van der Waals surface area contributed by atoms with E-state index < -0.39 is 6.10 Å². The lowest BCUT2D eigenvalue weighted by Crippen LogP contribution is -2.04. The Bertz CT molecular complexity index is 773. The smallest absolute Gasteiger partial charge is 0.108 e. The molecule has 0 saturated carbocycles. The molecule has 3 aromatic rings. The van der Waals surface area contributed by atoms with Crippen LogP contribution in [0.5, 0.6) is 0 Å². The predicted octanol–water partition coefficient (Wildman–Crippen LogP) is 3.66. The molecule has 3 N–H and O–H groups in total. The topological polar surface area (TPSA) is 59.1 Å². The van der Waals surface area contributed by atoms with Crippen LogP contribution in [0.4, 0.5) is 5.69 Å². The van der Waals surface area contributed by atoms with Gasteiger partial charge in [-0.3, -0.25) is 4.98 Å². The molecule has 1 heterocycles. The summed E-state index contributed by atoms with van der Waals surface area (Å²) < 4.78 is 0.884. The normalized spacial score (nSPS) is 12.5. The van der Waals surface area contributed by atoms with Crippen molar-refractivity contribution in [3.05, 3.63) is 70.3 Å². The molecule has 0 saturated heterocycles. The molecule has 20 heavy (non-hydrogen) atoms. The molecule has 0 radical (unpaired) electrons. The number of anilines is 1. The zero-order valence-electron chi connectivity index (χ0n) is 10.6. The minimum atomic E-state index is -0.787. The number of rotatable bonds is 2. The van der Waals surface area contributed by atoms with Crippen LogP contribution in [0, 0.1) is 0 Å². The summed E-state index contributed by atoms with van der Waals surface area (Å²) in [5.74, 6) is 0. The van der Waals surface area contributed by atoms with Crippen molar-refractivity contribution in [1.29, 1.82) is 0 Å². The van der Waals surface area contributed by atoms with Crippen LogP contribution in [0.2, 0.25) is 0 Å². The number of nitrogens with two attached hydrogens (primary N) is 1. The van der Waals surface area contributed by atoms with Gasteiger partial charge in [-0.2, -0.15) is 0 Å². The lowest BCUT2D eigenvalue weighted by atomic mass is 10.0. The van der Waals surface area contributed by atoms with E-state index in [1.807, 2.05) is 42.5 Å². The molecule has 2 aromatic carbocycles. The molecule has 4 heteroatoms.